The maximum absolute atomic E-state index is 13.2. The molecule has 3 heterocycles. The normalized spacial score (nSPS) is 11.3. The van der Waals surface area contributed by atoms with E-state index in [2.05, 4.69) is 36.2 Å². The number of carbonyl (C=O) groups excluding carboxylic acids is 2. The number of carbonyl (C=O) groups is 2. The molecule has 0 aliphatic heterocycles. The number of hydrogen-bond donors (Lipinski definition) is 2. The van der Waals surface area contributed by atoms with E-state index < -0.39 is 11.8 Å². The van der Waals surface area contributed by atoms with E-state index in [0.29, 0.717) is 22.8 Å². The van der Waals surface area contributed by atoms with Crippen LogP contribution in [0.5, 0.6) is 0 Å². The minimum absolute atomic E-state index is 0.0822. The van der Waals surface area contributed by atoms with Gasteiger partial charge in [-0.3, -0.25) is 9.59 Å². The Bertz CT molecular complexity index is 1470. The Kier molecular flexibility index (Phi) is 6.38. The van der Waals surface area contributed by atoms with Crippen molar-refractivity contribution in [2.75, 3.05) is 11.9 Å². The fourth-order valence-corrected chi connectivity index (χ4v) is 3.34. The molecule has 3 aromatic heterocycles. The number of rotatable bonds is 8. The Morgan fingerprint density at radius 3 is 2.56 bits per heavy atom. The van der Waals surface area contributed by atoms with Crippen molar-refractivity contribution in [3.63, 3.8) is 0 Å². The third-order valence-electron chi connectivity index (χ3n) is 5.03. The first kappa shape index (κ1) is 22.4. The summed E-state index contributed by atoms with van der Waals surface area (Å²) in [6.07, 6.45) is 6.00. The highest BCUT2D eigenvalue weighted by Crippen LogP contribution is 2.20. The molecule has 0 saturated heterocycles. The molecule has 5 aromatic rings. The quantitative estimate of drug-likeness (QED) is 0.321. The van der Waals surface area contributed by atoms with Crippen LogP contribution in [0.15, 0.2) is 90.1 Å². The molecule has 0 spiro atoms. The first-order valence-electron chi connectivity index (χ1n) is 10.8. The van der Waals surface area contributed by atoms with Crippen LogP contribution in [0.3, 0.4) is 0 Å². The van der Waals surface area contributed by atoms with Crippen molar-refractivity contribution >= 4 is 29.3 Å². The van der Waals surface area contributed by atoms with Crippen LogP contribution in [-0.4, -0.2) is 53.3 Å². The number of benzene rings is 2. The van der Waals surface area contributed by atoms with Gasteiger partial charge in [-0.2, -0.15) is 9.78 Å². The van der Waals surface area contributed by atoms with E-state index in [-0.39, 0.29) is 12.2 Å². The molecule has 178 valence electrons. The number of nitrogens with one attached hydrogen (secondary N) is 2. The minimum Gasteiger partial charge on any atom is -0.465 e. The van der Waals surface area contributed by atoms with Gasteiger partial charge in [-0.15, -0.1) is 5.10 Å². The molecular weight excluding hydrogens is 462 g/mol. The lowest BCUT2D eigenvalue weighted by Crippen LogP contribution is -2.34. The first-order valence-corrected chi connectivity index (χ1v) is 10.8. The molecule has 2 aromatic carbocycles. The largest absolute Gasteiger partial charge is 0.465 e. The summed E-state index contributed by atoms with van der Waals surface area (Å²) in [5, 5.41) is 21.2. The number of anilines is 1. The summed E-state index contributed by atoms with van der Waals surface area (Å²) in [5.41, 5.74) is 2.16. The highest BCUT2D eigenvalue weighted by atomic mass is 16.3. The Labute approximate surface area is 204 Å². The molecule has 0 bridgehead atoms. The molecular formula is C24H19N9O3. The van der Waals surface area contributed by atoms with E-state index in [0.717, 1.165) is 5.69 Å². The van der Waals surface area contributed by atoms with Crippen molar-refractivity contribution < 1.29 is 14.0 Å². The Morgan fingerprint density at radius 1 is 1.00 bits per heavy atom. The van der Waals surface area contributed by atoms with Gasteiger partial charge in [0, 0.05) is 17.3 Å². The molecule has 2 N–H and O–H groups in total. The maximum atomic E-state index is 13.2. The van der Waals surface area contributed by atoms with Gasteiger partial charge < -0.3 is 15.1 Å². The van der Waals surface area contributed by atoms with E-state index in [9.17, 15) is 9.59 Å². The highest BCUT2D eigenvalue weighted by Gasteiger charge is 2.20. The van der Waals surface area contributed by atoms with Gasteiger partial charge in [0.25, 0.3) is 5.91 Å². The molecule has 0 atom stereocenters. The number of hydrogen-bond acceptors (Lipinski definition) is 8. The van der Waals surface area contributed by atoms with Crippen LogP contribution in [0.25, 0.3) is 28.8 Å². The van der Waals surface area contributed by atoms with Crippen LogP contribution < -0.4 is 10.6 Å². The van der Waals surface area contributed by atoms with Crippen molar-refractivity contribution in [3.05, 3.63) is 91.4 Å². The molecule has 0 aliphatic rings. The average Bonchev–Trinajstić information content (AvgIpc) is 3.70. The van der Waals surface area contributed by atoms with E-state index in [4.69, 9.17) is 4.42 Å². The van der Waals surface area contributed by atoms with Gasteiger partial charge in [-0.25, -0.2) is 9.67 Å². The molecule has 12 nitrogen and oxygen atoms in total. The average molecular weight is 481 g/mol. The lowest BCUT2D eigenvalue weighted by atomic mass is 10.2. The molecule has 0 radical (unpaired) electrons. The third-order valence-corrected chi connectivity index (χ3v) is 5.03. The SMILES string of the molecule is O=C(CNC(=O)/C(=C/c1ccco1)n1nnnc1-c1ccccc1)Nc1ccc(-n2cncn2)cc1. The lowest BCUT2D eigenvalue weighted by molar-refractivity contribution is -0.120. The van der Waals surface area contributed by atoms with Crippen molar-refractivity contribution in [2.45, 2.75) is 0 Å². The smallest absolute Gasteiger partial charge is 0.270 e. The number of amides is 2. The Hall–Kier alpha value is -5.39. The molecule has 0 aliphatic carbocycles. The summed E-state index contributed by atoms with van der Waals surface area (Å²) in [4.78, 5) is 29.6. The van der Waals surface area contributed by atoms with Gasteiger partial charge in [-0.1, -0.05) is 30.3 Å². The lowest BCUT2D eigenvalue weighted by Gasteiger charge is -2.11. The van der Waals surface area contributed by atoms with Gasteiger partial charge in [0.05, 0.1) is 18.5 Å². The van der Waals surface area contributed by atoms with Gasteiger partial charge >= 0.3 is 0 Å². The van der Waals surface area contributed by atoms with Crippen molar-refractivity contribution in [2.24, 2.45) is 0 Å². The minimum atomic E-state index is -0.562. The third kappa shape index (κ3) is 5.07. The maximum Gasteiger partial charge on any atom is 0.270 e. The second-order valence-corrected chi connectivity index (χ2v) is 7.44. The van der Waals surface area contributed by atoms with Crippen LogP contribution in [0.1, 0.15) is 5.76 Å². The zero-order chi connectivity index (χ0) is 24.7. The van der Waals surface area contributed by atoms with Crippen molar-refractivity contribution in [3.8, 4) is 17.1 Å². The van der Waals surface area contributed by atoms with Crippen molar-refractivity contribution in [1.29, 1.82) is 0 Å². The zero-order valence-electron chi connectivity index (χ0n) is 18.7. The fraction of sp³-hybridized carbons (Fsp3) is 0.0417. The summed E-state index contributed by atoms with van der Waals surface area (Å²) in [7, 11) is 0. The topological polar surface area (TPSA) is 146 Å². The van der Waals surface area contributed by atoms with Gasteiger partial charge in [0.15, 0.2) is 5.82 Å². The molecule has 12 heteroatoms. The number of nitrogens with zero attached hydrogens (tertiary/aromatic N) is 7. The van der Waals surface area contributed by atoms with Crippen LogP contribution >= 0.6 is 0 Å². The van der Waals surface area contributed by atoms with Gasteiger partial charge in [-0.05, 0) is 46.8 Å². The molecule has 0 fully saturated rings. The standard InChI is InChI=1S/C24H19N9O3/c34-22(28-18-8-10-19(11-9-18)32-16-25-15-27-32)14-26-24(35)21(13-20-7-4-12-36-20)33-23(29-30-31-33)17-5-2-1-3-6-17/h1-13,15-16H,14H2,(H,26,35)(H,28,34)/b21-13-. The molecule has 36 heavy (non-hydrogen) atoms. The second kappa shape index (κ2) is 10.3. The van der Waals surface area contributed by atoms with E-state index in [1.165, 1.54) is 23.3 Å². The zero-order valence-corrected chi connectivity index (χ0v) is 18.7. The number of aromatic nitrogens is 7. The van der Waals surface area contributed by atoms with Crippen LogP contribution in [0, 0.1) is 0 Å². The van der Waals surface area contributed by atoms with Gasteiger partial charge in [0.2, 0.25) is 5.91 Å². The number of tetrazole rings is 1. The summed E-state index contributed by atoms with van der Waals surface area (Å²) >= 11 is 0. The van der Waals surface area contributed by atoms with Crippen LogP contribution in [-0.2, 0) is 9.59 Å². The highest BCUT2D eigenvalue weighted by molar-refractivity contribution is 6.19. The molecule has 0 unspecified atom stereocenters. The van der Waals surface area contributed by atoms with Crippen molar-refractivity contribution in [1.82, 2.24) is 40.3 Å². The molecule has 5 rings (SSSR count). The van der Waals surface area contributed by atoms with E-state index in [1.807, 2.05) is 30.3 Å². The molecule has 0 saturated carbocycles. The van der Waals surface area contributed by atoms with E-state index in [1.54, 1.807) is 47.4 Å². The predicted molar refractivity (Wildman–Crippen MR) is 129 cm³/mol. The first-order chi connectivity index (χ1) is 17.7. The summed E-state index contributed by atoms with van der Waals surface area (Å²) in [6, 6.07) is 19.6. The monoisotopic (exact) mass is 481 g/mol. The summed E-state index contributed by atoms with van der Waals surface area (Å²) < 4.78 is 8.27. The summed E-state index contributed by atoms with van der Waals surface area (Å²) in [5.74, 6) is -0.186. The predicted octanol–water partition coefficient (Wildman–Crippen LogP) is 2.27. The number of furan rings is 1. The second-order valence-electron chi connectivity index (χ2n) is 7.44. The Morgan fingerprint density at radius 2 is 1.83 bits per heavy atom. The summed E-state index contributed by atoms with van der Waals surface area (Å²) in [6.45, 7) is -0.276. The van der Waals surface area contributed by atoms with Crippen LogP contribution in [0.2, 0.25) is 0 Å². The Balaban J connectivity index is 1.30. The van der Waals surface area contributed by atoms with Crippen LogP contribution in [0.4, 0.5) is 5.69 Å². The fourth-order valence-electron chi connectivity index (χ4n) is 3.34. The van der Waals surface area contributed by atoms with Gasteiger partial charge in [0.1, 0.15) is 24.1 Å². The molecule has 2 amide bonds. The van der Waals surface area contributed by atoms with E-state index >= 15 is 0 Å².